The predicted octanol–water partition coefficient (Wildman–Crippen LogP) is -0.888. The summed E-state index contributed by atoms with van der Waals surface area (Å²) in [6.45, 7) is 3.72. The van der Waals surface area contributed by atoms with Gasteiger partial charge >= 0.3 is 11.7 Å². The van der Waals surface area contributed by atoms with Crippen molar-refractivity contribution in [2.45, 2.75) is 56.8 Å². The fourth-order valence-electron chi connectivity index (χ4n) is 2.83. The normalized spacial score (nSPS) is 33.2. The summed E-state index contributed by atoms with van der Waals surface area (Å²) in [5.41, 5.74) is -0.0818. The number of carbonyl (C=O) groups is 1. The van der Waals surface area contributed by atoms with Gasteiger partial charge in [0, 0.05) is 18.2 Å². The molecule has 0 aromatic carbocycles. The van der Waals surface area contributed by atoms with Crippen LogP contribution in [0.1, 0.15) is 32.1 Å². The number of nitrogens with two attached hydrogens (primary N) is 1. The quantitative estimate of drug-likeness (QED) is 0.593. The van der Waals surface area contributed by atoms with E-state index in [0.717, 1.165) is 24.8 Å². The van der Waals surface area contributed by atoms with E-state index in [9.17, 15) is 19.5 Å². The van der Waals surface area contributed by atoms with Crippen LogP contribution in [0.3, 0.4) is 0 Å². The second-order valence-corrected chi connectivity index (χ2v) is 6.54. The molecule has 1 saturated heterocycles. The van der Waals surface area contributed by atoms with Crippen molar-refractivity contribution in [2.75, 3.05) is 7.11 Å². The largest absolute Gasteiger partial charge is 0.468 e. The molecule has 10 heteroatoms. The smallest absolute Gasteiger partial charge is 0.330 e. The third-order valence-electron chi connectivity index (χ3n) is 4.74. The molecule has 1 aromatic heterocycles. The lowest BCUT2D eigenvalue weighted by Crippen LogP contribution is -2.53. The number of ether oxygens (including phenoxy) is 2. The van der Waals surface area contributed by atoms with Crippen molar-refractivity contribution in [1.82, 2.24) is 9.55 Å². The number of aliphatic hydroxyl groups is 1. The first kappa shape index (κ1) is 19.3. The molecule has 0 bridgehead atoms. The number of halogens is 1. The molecule has 2 rings (SSSR count). The molecule has 0 radical (unpaired) electrons. The summed E-state index contributed by atoms with van der Waals surface area (Å²) in [4.78, 5) is 37.1. The maximum Gasteiger partial charge on any atom is 0.330 e. The van der Waals surface area contributed by atoms with Crippen LogP contribution in [0.25, 0.3) is 0 Å². The summed E-state index contributed by atoms with van der Waals surface area (Å²) < 4.78 is 26.3. The number of methoxy groups -OCH3 is 1. The van der Waals surface area contributed by atoms with Crippen molar-refractivity contribution < 1.29 is 23.8 Å². The Morgan fingerprint density at radius 2 is 2.16 bits per heavy atom. The molecule has 25 heavy (non-hydrogen) atoms. The van der Waals surface area contributed by atoms with E-state index in [1.807, 2.05) is 0 Å². The number of alkyl halides is 1. The van der Waals surface area contributed by atoms with Gasteiger partial charge in [-0.2, -0.15) is 0 Å². The van der Waals surface area contributed by atoms with Gasteiger partial charge in [-0.3, -0.25) is 19.1 Å². The molecule has 0 amide bonds. The van der Waals surface area contributed by atoms with Gasteiger partial charge in [-0.25, -0.2) is 9.18 Å². The minimum absolute atomic E-state index is 0.174. The summed E-state index contributed by atoms with van der Waals surface area (Å²) in [6.07, 6.45) is -1.75. The third-order valence-corrected chi connectivity index (χ3v) is 4.74. The Hall–Kier alpha value is -2.04. The van der Waals surface area contributed by atoms with Crippen LogP contribution < -0.4 is 17.0 Å². The lowest BCUT2D eigenvalue weighted by molar-refractivity contribution is -0.144. The lowest BCUT2D eigenvalue weighted by atomic mass is 9.82. The average Bonchev–Trinajstić information content (AvgIpc) is 2.69. The van der Waals surface area contributed by atoms with Gasteiger partial charge in [0.1, 0.15) is 11.6 Å². The SMILES string of the molecule is COC(=O)C(N)C[C@H]1O[C@@H](n2cc(C)c(=O)[nH]c2=O)[C@](C)(F)[C@@]1(C)O. The molecule has 1 fully saturated rings. The van der Waals surface area contributed by atoms with Crippen LogP contribution in [0, 0.1) is 6.92 Å². The number of esters is 1. The number of hydrogen-bond acceptors (Lipinski definition) is 7. The molecule has 4 N–H and O–H groups in total. The molecule has 2 heterocycles. The number of nitrogens with one attached hydrogen (secondary N) is 1. The monoisotopic (exact) mass is 359 g/mol. The fourth-order valence-corrected chi connectivity index (χ4v) is 2.83. The van der Waals surface area contributed by atoms with E-state index >= 15 is 4.39 Å². The number of H-pyrrole nitrogens is 1. The Kier molecular flexibility index (Phi) is 4.90. The van der Waals surface area contributed by atoms with Crippen molar-refractivity contribution in [1.29, 1.82) is 0 Å². The van der Waals surface area contributed by atoms with Gasteiger partial charge in [0.15, 0.2) is 11.9 Å². The van der Waals surface area contributed by atoms with E-state index in [1.165, 1.54) is 13.8 Å². The second kappa shape index (κ2) is 6.36. The molecule has 1 aliphatic rings. The Labute approximate surface area is 142 Å². The zero-order chi connectivity index (χ0) is 19.2. The zero-order valence-corrected chi connectivity index (χ0v) is 14.4. The highest BCUT2D eigenvalue weighted by Gasteiger charge is 2.63. The van der Waals surface area contributed by atoms with Crippen LogP contribution in [0.4, 0.5) is 4.39 Å². The molecule has 0 saturated carbocycles. The van der Waals surface area contributed by atoms with E-state index in [0.29, 0.717) is 0 Å². The van der Waals surface area contributed by atoms with Gasteiger partial charge in [0.25, 0.3) is 5.56 Å². The number of aromatic nitrogens is 2. The second-order valence-electron chi connectivity index (χ2n) is 6.54. The van der Waals surface area contributed by atoms with Gasteiger partial charge in [0.05, 0.1) is 13.2 Å². The van der Waals surface area contributed by atoms with Crippen molar-refractivity contribution >= 4 is 5.97 Å². The maximum absolute atomic E-state index is 15.4. The number of hydrogen-bond donors (Lipinski definition) is 3. The topological polar surface area (TPSA) is 137 Å². The Bertz CT molecular complexity index is 784. The molecule has 0 spiro atoms. The first-order chi connectivity index (χ1) is 11.4. The van der Waals surface area contributed by atoms with E-state index in [1.54, 1.807) is 0 Å². The van der Waals surface area contributed by atoms with E-state index < -0.39 is 46.9 Å². The van der Waals surface area contributed by atoms with Crippen LogP contribution in [0.15, 0.2) is 15.8 Å². The first-order valence-corrected chi connectivity index (χ1v) is 7.65. The minimum Gasteiger partial charge on any atom is -0.468 e. The Morgan fingerprint density at radius 3 is 2.72 bits per heavy atom. The van der Waals surface area contributed by atoms with Gasteiger partial charge in [-0.05, 0) is 20.8 Å². The van der Waals surface area contributed by atoms with Crippen LogP contribution in [0.2, 0.25) is 0 Å². The fraction of sp³-hybridized carbons (Fsp3) is 0.667. The number of rotatable bonds is 4. The number of aromatic amines is 1. The first-order valence-electron chi connectivity index (χ1n) is 7.65. The summed E-state index contributed by atoms with van der Waals surface area (Å²) >= 11 is 0. The van der Waals surface area contributed by atoms with Crippen molar-refractivity contribution in [3.8, 4) is 0 Å². The molecule has 9 nitrogen and oxygen atoms in total. The van der Waals surface area contributed by atoms with Gasteiger partial charge in [0.2, 0.25) is 0 Å². The Morgan fingerprint density at radius 1 is 1.56 bits per heavy atom. The number of nitrogens with zero attached hydrogens (tertiary/aromatic N) is 1. The van der Waals surface area contributed by atoms with E-state index in [-0.39, 0.29) is 12.0 Å². The Balaban J connectivity index is 2.42. The third kappa shape index (κ3) is 3.12. The van der Waals surface area contributed by atoms with E-state index in [4.69, 9.17) is 10.5 Å². The van der Waals surface area contributed by atoms with E-state index in [2.05, 4.69) is 9.72 Å². The van der Waals surface area contributed by atoms with Crippen LogP contribution >= 0.6 is 0 Å². The minimum atomic E-state index is -2.40. The van der Waals surface area contributed by atoms with Crippen molar-refractivity contribution in [3.63, 3.8) is 0 Å². The van der Waals surface area contributed by atoms with Gasteiger partial charge in [-0.15, -0.1) is 0 Å². The highest BCUT2D eigenvalue weighted by atomic mass is 19.1. The summed E-state index contributed by atoms with van der Waals surface area (Å²) in [6, 6.07) is -1.13. The van der Waals surface area contributed by atoms with Crippen molar-refractivity contribution in [2.24, 2.45) is 5.73 Å². The van der Waals surface area contributed by atoms with Crippen LogP contribution in [0.5, 0.6) is 0 Å². The molecule has 5 atom stereocenters. The summed E-state index contributed by atoms with van der Waals surface area (Å²) in [7, 11) is 1.15. The molecule has 0 aliphatic carbocycles. The average molecular weight is 359 g/mol. The standard InChI is InChI=1S/C15H22FN3O6/c1-7-6-19(13(22)18-10(7)20)12-14(2,16)15(3,23)9(25-12)5-8(17)11(21)24-4/h6,8-9,12,23H,5,17H2,1-4H3,(H,18,20,22)/t8?,9-,12-,14+,15+/m1/s1. The van der Waals surface area contributed by atoms with Gasteiger partial charge in [-0.1, -0.05) is 0 Å². The highest BCUT2D eigenvalue weighted by Crippen LogP contribution is 2.48. The van der Waals surface area contributed by atoms with Crippen molar-refractivity contribution in [3.05, 3.63) is 32.6 Å². The van der Waals surface area contributed by atoms with Gasteiger partial charge < -0.3 is 20.3 Å². The molecule has 1 unspecified atom stereocenters. The summed E-state index contributed by atoms with van der Waals surface area (Å²) in [5, 5.41) is 10.6. The summed E-state index contributed by atoms with van der Waals surface area (Å²) in [5.74, 6) is -0.736. The number of carbonyl (C=O) groups excluding carboxylic acids is 1. The molecule has 140 valence electrons. The van der Waals surface area contributed by atoms with Crippen LogP contribution in [-0.4, -0.2) is 51.2 Å². The molecule has 1 aliphatic heterocycles. The lowest BCUT2D eigenvalue weighted by Gasteiger charge is -2.33. The highest BCUT2D eigenvalue weighted by molar-refractivity contribution is 5.75. The molecular weight excluding hydrogens is 337 g/mol. The molecular formula is C15H22FN3O6. The number of aryl methyl sites for hydroxylation is 1. The van der Waals surface area contributed by atoms with Crippen LogP contribution in [-0.2, 0) is 14.3 Å². The maximum atomic E-state index is 15.4. The predicted molar refractivity (Wildman–Crippen MR) is 84.7 cm³/mol. The zero-order valence-electron chi connectivity index (χ0n) is 14.4. The molecule has 1 aromatic rings.